The van der Waals surface area contributed by atoms with Crippen LogP contribution in [-0.4, -0.2) is 58.2 Å². The van der Waals surface area contributed by atoms with Crippen LogP contribution in [0.2, 0.25) is 0 Å². The Hall–Kier alpha value is -3.25. The molecule has 1 aliphatic rings. The molecule has 1 aliphatic heterocycles. The van der Waals surface area contributed by atoms with Crippen LogP contribution in [0.25, 0.3) is 11.3 Å². The van der Waals surface area contributed by atoms with E-state index in [0.717, 1.165) is 38.0 Å². The predicted octanol–water partition coefficient (Wildman–Crippen LogP) is 2.86. The summed E-state index contributed by atoms with van der Waals surface area (Å²) in [6, 6.07) is 21.8. The highest BCUT2D eigenvalue weighted by Crippen LogP contribution is 2.16. The molecule has 166 valence electrons. The molecule has 1 aromatic heterocycles. The quantitative estimate of drug-likeness (QED) is 0.578. The number of carbonyl (C=O) groups is 1. The van der Waals surface area contributed by atoms with Gasteiger partial charge in [-0.1, -0.05) is 61.5 Å². The minimum absolute atomic E-state index is 0.0241. The number of nitrogens with zero attached hydrogens (tertiary/aromatic N) is 4. The molecule has 0 atom stereocenters. The second-order valence-corrected chi connectivity index (χ2v) is 8.22. The highest BCUT2D eigenvalue weighted by molar-refractivity contribution is 5.76. The van der Waals surface area contributed by atoms with Crippen LogP contribution in [0.15, 0.2) is 71.5 Å². The molecule has 1 fully saturated rings. The molecule has 1 amide bonds. The first-order valence-corrected chi connectivity index (χ1v) is 11.3. The van der Waals surface area contributed by atoms with Crippen molar-refractivity contribution in [3.63, 3.8) is 0 Å². The van der Waals surface area contributed by atoms with Gasteiger partial charge in [-0.05, 0) is 30.0 Å². The Morgan fingerprint density at radius 1 is 0.875 bits per heavy atom. The fourth-order valence-corrected chi connectivity index (χ4v) is 4.01. The van der Waals surface area contributed by atoms with E-state index < -0.39 is 0 Å². The van der Waals surface area contributed by atoms with Gasteiger partial charge in [-0.25, -0.2) is 4.68 Å². The van der Waals surface area contributed by atoms with Gasteiger partial charge in [0.2, 0.25) is 5.91 Å². The minimum Gasteiger partial charge on any atom is -0.339 e. The van der Waals surface area contributed by atoms with E-state index in [4.69, 9.17) is 0 Å². The average molecular weight is 431 g/mol. The van der Waals surface area contributed by atoms with Crippen LogP contribution < -0.4 is 5.56 Å². The molecule has 0 unspecified atom stereocenters. The maximum atomic E-state index is 12.8. The highest BCUT2D eigenvalue weighted by atomic mass is 16.2. The maximum absolute atomic E-state index is 12.8. The predicted molar refractivity (Wildman–Crippen MR) is 126 cm³/mol. The highest BCUT2D eigenvalue weighted by Gasteiger charge is 2.21. The van der Waals surface area contributed by atoms with Gasteiger partial charge in [-0.3, -0.25) is 14.5 Å². The van der Waals surface area contributed by atoms with Crippen LogP contribution in [-0.2, 0) is 24.2 Å². The molecule has 6 heteroatoms. The van der Waals surface area contributed by atoms with Crippen LogP contribution in [0.1, 0.15) is 18.1 Å². The third-order valence-electron chi connectivity index (χ3n) is 6.09. The molecule has 0 aliphatic carbocycles. The summed E-state index contributed by atoms with van der Waals surface area (Å²) in [4.78, 5) is 29.4. The fraction of sp³-hybridized carbons (Fsp3) is 0.346. The molecule has 0 saturated carbocycles. The van der Waals surface area contributed by atoms with E-state index in [9.17, 15) is 9.59 Å². The van der Waals surface area contributed by atoms with Crippen molar-refractivity contribution >= 4 is 5.91 Å². The molecule has 32 heavy (non-hydrogen) atoms. The fourth-order valence-electron chi connectivity index (χ4n) is 4.01. The number of aryl methyl sites for hydroxylation is 1. The van der Waals surface area contributed by atoms with E-state index in [1.165, 1.54) is 21.9 Å². The Kier molecular flexibility index (Phi) is 7.12. The second-order valence-electron chi connectivity index (χ2n) is 8.22. The monoisotopic (exact) mass is 430 g/mol. The Labute approximate surface area is 189 Å². The van der Waals surface area contributed by atoms with E-state index in [1.807, 2.05) is 23.1 Å². The summed E-state index contributed by atoms with van der Waals surface area (Å²) in [6.45, 7) is 6.15. The van der Waals surface area contributed by atoms with Crippen molar-refractivity contribution in [3.8, 4) is 11.3 Å². The lowest BCUT2D eigenvalue weighted by atomic mass is 10.1. The summed E-state index contributed by atoms with van der Waals surface area (Å²) >= 11 is 0. The van der Waals surface area contributed by atoms with E-state index in [2.05, 4.69) is 53.3 Å². The second kappa shape index (κ2) is 10.4. The van der Waals surface area contributed by atoms with Crippen molar-refractivity contribution in [2.75, 3.05) is 32.7 Å². The van der Waals surface area contributed by atoms with Gasteiger partial charge in [0, 0.05) is 44.4 Å². The Morgan fingerprint density at radius 3 is 2.28 bits per heavy atom. The van der Waals surface area contributed by atoms with Gasteiger partial charge in [0.05, 0.1) is 5.69 Å². The van der Waals surface area contributed by atoms with Gasteiger partial charge < -0.3 is 4.90 Å². The van der Waals surface area contributed by atoms with Crippen LogP contribution in [0.5, 0.6) is 0 Å². The molecule has 1 saturated heterocycles. The van der Waals surface area contributed by atoms with Crippen LogP contribution in [0.3, 0.4) is 0 Å². The number of aromatic nitrogens is 2. The van der Waals surface area contributed by atoms with Crippen molar-refractivity contribution in [2.45, 2.75) is 26.3 Å². The topological polar surface area (TPSA) is 58.4 Å². The molecule has 2 aromatic carbocycles. The lowest BCUT2D eigenvalue weighted by molar-refractivity contribution is -0.133. The molecule has 6 nitrogen and oxygen atoms in total. The SMILES string of the molecule is CCc1ccc(-c2ccc(=O)n(CC(=O)N3CCN(CCc4ccccc4)CC3)n2)cc1. The number of rotatable bonds is 7. The number of benzene rings is 2. The first kappa shape index (κ1) is 22.0. The van der Waals surface area contributed by atoms with E-state index >= 15 is 0 Å². The van der Waals surface area contributed by atoms with Crippen LogP contribution >= 0.6 is 0 Å². The Balaban J connectivity index is 1.33. The molecular formula is C26H30N4O2. The zero-order valence-corrected chi connectivity index (χ0v) is 18.6. The molecule has 0 radical (unpaired) electrons. The van der Waals surface area contributed by atoms with E-state index in [-0.39, 0.29) is 18.0 Å². The molecule has 4 rings (SSSR count). The number of amides is 1. The van der Waals surface area contributed by atoms with Crippen molar-refractivity contribution in [1.82, 2.24) is 19.6 Å². The van der Waals surface area contributed by atoms with Gasteiger partial charge in [-0.15, -0.1) is 0 Å². The molecule has 2 heterocycles. The average Bonchev–Trinajstić information content (AvgIpc) is 2.85. The molecule has 3 aromatic rings. The summed E-state index contributed by atoms with van der Waals surface area (Å²) in [7, 11) is 0. The van der Waals surface area contributed by atoms with E-state index in [1.54, 1.807) is 6.07 Å². The summed E-state index contributed by atoms with van der Waals surface area (Å²) in [5, 5.41) is 4.46. The van der Waals surface area contributed by atoms with Crippen LogP contribution in [0.4, 0.5) is 0 Å². The molecule has 0 bridgehead atoms. The lowest BCUT2D eigenvalue weighted by Crippen LogP contribution is -2.50. The zero-order valence-electron chi connectivity index (χ0n) is 18.6. The third kappa shape index (κ3) is 5.51. The van der Waals surface area contributed by atoms with Crippen molar-refractivity contribution in [1.29, 1.82) is 0 Å². The Bertz CT molecular complexity index is 1080. The van der Waals surface area contributed by atoms with Gasteiger partial charge >= 0.3 is 0 Å². The van der Waals surface area contributed by atoms with Gasteiger partial charge in [-0.2, -0.15) is 5.10 Å². The van der Waals surface area contributed by atoms with E-state index in [0.29, 0.717) is 18.8 Å². The minimum atomic E-state index is -0.256. The Morgan fingerprint density at radius 2 is 1.59 bits per heavy atom. The van der Waals surface area contributed by atoms with Crippen molar-refractivity contribution < 1.29 is 4.79 Å². The van der Waals surface area contributed by atoms with Crippen LogP contribution in [0, 0.1) is 0 Å². The smallest absolute Gasteiger partial charge is 0.267 e. The first-order chi connectivity index (χ1) is 15.6. The summed E-state index contributed by atoms with van der Waals surface area (Å²) in [5.41, 5.74) is 3.97. The van der Waals surface area contributed by atoms with Gasteiger partial charge in [0.15, 0.2) is 0 Å². The molecular weight excluding hydrogens is 400 g/mol. The molecule has 0 N–H and O–H groups in total. The lowest BCUT2D eigenvalue weighted by Gasteiger charge is -2.34. The number of carbonyl (C=O) groups excluding carboxylic acids is 1. The summed E-state index contributed by atoms with van der Waals surface area (Å²) < 4.78 is 1.28. The normalized spacial score (nSPS) is 14.5. The van der Waals surface area contributed by atoms with Gasteiger partial charge in [0.1, 0.15) is 6.54 Å². The zero-order chi connectivity index (χ0) is 22.3. The standard InChI is InChI=1S/C26H30N4O2/c1-2-21-8-10-23(11-9-21)24-12-13-25(31)30(27-24)20-26(32)29-18-16-28(17-19-29)15-14-22-6-4-3-5-7-22/h3-13H,2,14-20H2,1H3. The molecule has 0 spiro atoms. The largest absolute Gasteiger partial charge is 0.339 e. The summed E-state index contributed by atoms with van der Waals surface area (Å²) in [5.74, 6) is -0.0548. The number of piperazine rings is 1. The van der Waals surface area contributed by atoms with Gasteiger partial charge in [0.25, 0.3) is 5.56 Å². The maximum Gasteiger partial charge on any atom is 0.267 e. The first-order valence-electron chi connectivity index (χ1n) is 11.3. The number of hydrogen-bond acceptors (Lipinski definition) is 4. The third-order valence-corrected chi connectivity index (χ3v) is 6.09. The number of hydrogen-bond donors (Lipinski definition) is 0. The van der Waals surface area contributed by atoms with Crippen molar-refractivity contribution in [2.24, 2.45) is 0 Å². The summed E-state index contributed by atoms with van der Waals surface area (Å²) in [6.07, 6.45) is 1.99. The van der Waals surface area contributed by atoms with Crippen molar-refractivity contribution in [3.05, 3.63) is 88.2 Å².